The number of carbonyl (C=O) groups excluding carboxylic acids is 8. The predicted octanol–water partition coefficient (Wildman–Crippen LogP) is 4.87. The highest BCUT2D eigenvalue weighted by atomic mass is 35.5. The summed E-state index contributed by atoms with van der Waals surface area (Å²) in [5.74, 6) is -2.94. The molecule has 0 saturated carbocycles. The number of nitrogens with zero attached hydrogens (tertiary/aromatic N) is 5. The van der Waals surface area contributed by atoms with Gasteiger partial charge in [0, 0.05) is 92.1 Å². The molecule has 4 bridgehead atoms. The van der Waals surface area contributed by atoms with E-state index in [1.165, 1.54) is 78.9 Å². The number of epoxide rings is 1. The number of methoxy groups -OCH3 is 2. The zero-order chi connectivity index (χ0) is 61.8. The van der Waals surface area contributed by atoms with Crippen LogP contribution in [0.5, 0.6) is 5.75 Å². The van der Waals surface area contributed by atoms with Crippen LogP contribution in [0.3, 0.4) is 0 Å². The van der Waals surface area contributed by atoms with E-state index in [9.17, 15) is 48.6 Å². The van der Waals surface area contributed by atoms with Crippen molar-refractivity contribution in [2.75, 3.05) is 85.8 Å². The normalized spacial score (nSPS) is 29.3. The van der Waals surface area contributed by atoms with Gasteiger partial charge in [-0.2, -0.15) is 0 Å². The summed E-state index contributed by atoms with van der Waals surface area (Å²) in [5.41, 5.74) is -2.56. The Hall–Kier alpha value is -6.22. The first-order chi connectivity index (χ1) is 39.7. The van der Waals surface area contributed by atoms with Crippen molar-refractivity contribution >= 4 is 76.1 Å². The van der Waals surface area contributed by atoms with Crippen LogP contribution in [-0.4, -0.2) is 218 Å². The lowest BCUT2D eigenvalue weighted by atomic mass is 9.76. The standard InChI is InChI=1S/C58H82ClN7O17S/c1-35-17-16-20-44(78-11)58(76)33-43(80-53(73)61-58)36(2)56(4)57(5,83-56)45(32-50(71)65(9)39-30-38(29-35)31-42(77-10)51(39)59)82-52(72)37(3)64(8)47(68)23-28-84-55(75)63(7)27-26-62(6)54(74)81-41-19-15-13-12-14-18-40(41)79-34-46(67)60-24-25-66-48(69)21-22-49(66)70/h15-17,19-22,30-31,36-37,40-41,43-45,48,69,76H,12-14,18,23-29,32-34H2,1-11H3,(H,60,67)(H,61,73)/b19-15?,20-16+,35-17+/t36-,37+,40?,41?,43+,44-,45+,48?,56+,57+,58+/m1/s1. The van der Waals surface area contributed by atoms with E-state index in [2.05, 4.69) is 10.6 Å². The summed E-state index contributed by atoms with van der Waals surface area (Å²) in [6.45, 7) is 8.66. The molecule has 1 aliphatic carbocycles. The predicted molar refractivity (Wildman–Crippen MR) is 311 cm³/mol. The van der Waals surface area contributed by atoms with E-state index in [0.717, 1.165) is 42.2 Å². The van der Waals surface area contributed by atoms with E-state index >= 15 is 0 Å². The highest BCUT2D eigenvalue weighted by molar-refractivity contribution is 8.13. The number of rotatable bonds is 18. The number of allylic oxidation sites excluding steroid dienone is 4. The third-order valence-corrected chi connectivity index (χ3v) is 17.8. The van der Waals surface area contributed by atoms with Crippen LogP contribution >= 0.6 is 23.4 Å². The molecule has 84 heavy (non-hydrogen) atoms. The number of ether oxygens (including phenoxy) is 7. The van der Waals surface area contributed by atoms with Crippen molar-refractivity contribution in [1.29, 1.82) is 0 Å². The zero-order valence-electron chi connectivity index (χ0n) is 49.8. The molecule has 26 heteroatoms. The number of hydrogen-bond acceptors (Lipinski definition) is 18. The summed E-state index contributed by atoms with van der Waals surface area (Å²) in [7, 11) is 8.91. The Kier molecular flexibility index (Phi) is 23.3. The number of aliphatic hydroxyl groups is 2. The number of benzene rings is 1. The molecule has 7 amide bonds. The van der Waals surface area contributed by atoms with Crippen LogP contribution < -0.4 is 20.3 Å². The van der Waals surface area contributed by atoms with Crippen molar-refractivity contribution in [2.45, 2.75) is 146 Å². The highest BCUT2D eigenvalue weighted by Crippen LogP contribution is 2.58. The van der Waals surface area contributed by atoms with Gasteiger partial charge in [0.1, 0.15) is 65.3 Å². The second-order valence-electron chi connectivity index (χ2n) is 22.2. The molecule has 4 N–H and O–H groups in total. The first-order valence-electron chi connectivity index (χ1n) is 28.0. The maximum atomic E-state index is 14.5. The Morgan fingerprint density at radius 3 is 2.43 bits per heavy atom. The maximum absolute atomic E-state index is 14.5. The third kappa shape index (κ3) is 16.4. The van der Waals surface area contributed by atoms with Crippen LogP contribution in [0, 0.1) is 5.92 Å². The van der Waals surface area contributed by atoms with E-state index in [1.807, 2.05) is 19.1 Å². The molecule has 5 aliphatic rings. The Bertz CT molecular complexity index is 2730. The maximum Gasteiger partial charge on any atom is 0.410 e. The minimum absolute atomic E-state index is 0.0476. The van der Waals surface area contributed by atoms with Gasteiger partial charge in [-0.1, -0.05) is 66.6 Å². The summed E-state index contributed by atoms with van der Waals surface area (Å²) in [4.78, 5) is 113. The average Bonchev–Trinajstić information content (AvgIpc) is 3.82. The van der Waals surface area contributed by atoms with Gasteiger partial charge in [-0.15, -0.1) is 0 Å². The first kappa shape index (κ1) is 66.9. The van der Waals surface area contributed by atoms with Gasteiger partial charge in [-0.25, -0.2) is 14.4 Å². The zero-order valence-corrected chi connectivity index (χ0v) is 51.3. The summed E-state index contributed by atoms with van der Waals surface area (Å²) >= 11 is 7.73. The lowest BCUT2D eigenvalue weighted by Gasteiger charge is -2.43. The van der Waals surface area contributed by atoms with Gasteiger partial charge in [0.25, 0.3) is 5.24 Å². The van der Waals surface area contributed by atoms with Gasteiger partial charge in [-0.3, -0.25) is 29.3 Å². The van der Waals surface area contributed by atoms with Gasteiger partial charge < -0.3 is 73.2 Å². The number of fused-ring (bicyclic) bond motifs is 5. The van der Waals surface area contributed by atoms with Crippen LogP contribution in [0.2, 0.25) is 5.02 Å². The molecule has 4 heterocycles. The van der Waals surface area contributed by atoms with E-state index in [-0.39, 0.29) is 67.5 Å². The minimum atomic E-state index is -1.91. The second kappa shape index (κ2) is 29.2. The summed E-state index contributed by atoms with van der Waals surface area (Å²) in [6.07, 6.45) is 6.82. The number of hydrogen-bond donors (Lipinski definition) is 4. The molecule has 2 fully saturated rings. The Morgan fingerprint density at radius 1 is 1.01 bits per heavy atom. The molecule has 0 aromatic heterocycles. The molecular weight excluding hydrogens is 1130 g/mol. The van der Waals surface area contributed by atoms with Crippen LogP contribution in [-0.2, 0) is 58.8 Å². The monoisotopic (exact) mass is 1220 g/mol. The number of alkyl carbamates (subject to hydrolysis) is 1. The van der Waals surface area contributed by atoms with Gasteiger partial charge in [0.15, 0.2) is 5.72 Å². The molecule has 2 saturated heterocycles. The molecular formula is C58H82ClN7O17S. The Labute approximate surface area is 500 Å². The fourth-order valence-electron chi connectivity index (χ4n) is 10.5. The fraction of sp³-hybridized carbons (Fsp3) is 0.621. The van der Waals surface area contributed by atoms with E-state index in [0.29, 0.717) is 24.3 Å². The number of nitrogens with one attached hydrogen (secondary N) is 2. The van der Waals surface area contributed by atoms with Crippen molar-refractivity contribution in [3.63, 3.8) is 0 Å². The molecule has 24 nitrogen and oxygen atoms in total. The summed E-state index contributed by atoms with van der Waals surface area (Å²) < 4.78 is 41.6. The molecule has 1 aromatic carbocycles. The Balaban J connectivity index is 1.05. The fourth-order valence-corrected chi connectivity index (χ4v) is 11.6. The number of amides is 7. The highest BCUT2D eigenvalue weighted by Gasteiger charge is 2.73. The molecule has 0 spiro atoms. The van der Waals surface area contributed by atoms with Crippen LogP contribution in [0.1, 0.15) is 85.1 Å². The first-order valence-corrected chi connectivity index (χ1v) is 29.4. The molecule has 4 aliphatic heterocycles. The molecule has 1 aromatic rings. The number of aliphatic hydroxyl groups excluding tert-OH is 1. The van der Waals surface area contributed by atoms with Crippen molar-refractivity contribution < 1.29 is 81.7 Å². The number of likely N-dealkylation sites (N-methyl/N-ethyl adjacent to an activating group) is 3. The number of anilines is 1. The van der Waals surface area contributed by atoms with Crippen molar-refractivity contribution in [2.24, 2.45) is 5.92 Å². The van der Waals surface area contributed by atoms with Gasteiger partial charge in [-0.05, 0) is 83.2 Å². The third-order valence-electron chi connectivity index (χ3n) is 16.4. The Morgan fingerprint density at radius 2 is 1.74 bits per heavy atom. The summed E-state index contributed by atoms with van der Waals surface area (Å²) in [6, 6.07) is 2.34. The molecule has 0 radical (unpaired) electrons. The molecule has 6 rings (SSSR count). The minimum Gasteiger partial charge on any atom is -0.495 e. The van der Waals surface area contributed by atoms with E-state index < -0.39 is 108 Å². The van der Waals surface area contributed by atoms with Crippen molar-refractivity contribution in [3.05, 3.63) is 70.8 Å². The summed E-state index contributed by atoms with van der Waals surface area (Å²) in [5, 5.41) is 26.8. The van der Waals surface area contributed by atoms with E-state index in [1.54, 1.807) is 58.2 Å². The lowest BCUT2D eigenvalue weighted by Crippen LogP contribution is -2.64. The van der Waals surface area contributed by atoms with Gasteiger partial charge >= 0.3 is 18.2 Å². The van der Waals surface area contributed by atoms with Gasteiger partial charge in [0.2, 0.25) is 23.6 Å². The number of thioether (sulfide) groups is 1. The molecule has 464 valence electrons. The van der Waals surface area contributed by atoms with Crippen LogP contribution in [0.4, 0.5) is 20.1 Å². The van der Waals surface area contributed by atoms with Crippen molar-refractivity contribution in [1.82, 2.24) is 30.2 Å². The average molecular weight is 1220 g/mol. The quantitative estimate of drug-likeness (QED) is 0.0660. The second-order valence-corrected chi connectivity index (χ2v) is 23.6. The van der Waals surface area contributed by atoms with Gasteiger partial charge in [0.05, 0.1) is 25.3 Å². The van der Waals surface area contributed by atoms with Crippen molar-refractivity contribution in [3.8, 4) is 5.75 Å². The van der Waals surface area contributed by atoms with E-state index in [4.69, 9.17) is 44.8 Å². The molecule has 11 atom stereocenters. The van der Waals surface area contributed by atoms with Crippen LogP contribution in [0.25, 0.3) is 0 Å². The van der Waals surface area contributed by atoms with Crippen LogP contribution in [0.15, 0.2) is 60.2 Å². The largest absolute Gasteiger partial charge is 0.495 e. The molecule has 3 unspecified atom stereocenters. The number of esters is 1. The number of halogens is 1. The SMILES string of the molecule is COc1cc2cc(c1Cl)N(C)C(=O)C[C@H](OC(=O)[C@H](C)N(C)C(=O)CCSC(=O)N(C)CCN(C)C(=O)OC1C=CCCCCC1OCC(=O)NCCN1C(=O)C=CC1O)[C@]1(C)O[C@@]1(C)[C@H](C)[C@@H]1C[C@@](O)(NC(=O)O1)[C@H](OC)/C=C/C=C(\C)C2. The topological polar surface area (TPSA) is 285 Å². The lowest BCUT2D eigenvalue weighted by molar-refractivity contribution is -0.162. The number of carbonyl (C=O) groups is 8. The smallest absolute Gasteiger partial charge is 0.410 e.